The van der Waals surface area contributed by atoms with E-state index in [-0.39, 0.29) is 5.91 Å². The molecule has 0 atom stereocenters. The molecule has 1 saturated carbocycles. The van der Waals surface area contributed by atoms with E-state index >= 15 is 0 Å². The Labute approximate surface area is 213 Å². The second-order valence-corrected chi connectivity index (χ2v) is 10.3. The number of nitrogens with one attached hydrogen (secondary N) is 3. The molecule has 2 aromatic heterocycles. The highest BCUT2D eigenvalue weighted by atomic mass is 16.2. The first kappa shape index (κ1) is 24.7. The van der Waals surface area contributed by atoms with Crippen molar-refractivity contribution < 1.29 is 4.79 Å². The molecule has 3 N–H and O–H groups in total. The van der Waals surface area contributed by atoms with Gasteiger partial charge < -0.3 is 25.1 Å². The van der Waals surface area contributed by atoms with Crippen LogP contribution < -0.4 is 5.32 Å². The van der Waals surface area contributed by atoms with Crippen molar-refractivity contribution in [1.29, 1.82) is 0 Å². The van der Waals surface area contributed by atoms with Crippen LogP contribution in [0.3, 0.4) is 0 Å². The first-order valence-electron chi connectivity index (χ1n) is 13.6. The summed E-state index contributed by atoms with van der Waals surface area (Å²) in [6.45, 7) is 4.40. The molecule has 36 heavy (non-hydrogen) atoms. The summed E-state index contributed by atoms with van der Waals surface area (Å²) >= 11 is 0. The number of carbonyl (C=O) groups excluding carboxylic acids is 1. The highest BCUT2D eigenvalue weighted by Crippen LogP contribution is 2.25. The highest BCUT2D eigenvalue weighted by Gasteiger charge is 2.26. The number of nitrogens with zero attached hydrogens (tertiary/aromatic N) is 4. The molecule has 1 aromatic carbocycles. The number of imidazole rings is 2. The van der Waals surface area contributed by atoms with Crippen molar-refractivity contribution >= 4 is 5.91 Å². The quantitative estimate of drug-likeness (QED) is 0.418. The number of amides is 1. The van der Waals surface area contributed by atoms with Gasteiger partial charge in [-0.2, -0.15) is 0 Å². The average molecular weight is 490 g/mol. The molecule has 0 bridgehead atoms. The molecule has 0 spiro atoms. The molecular formula is C28H39N7O. The predicted octanol–water partition coefficient (Wildman–Crippen LogP) is 4.25. The summed E-state index contributed by atoms with van der Waals surface area (Å²) in [7, 11) is 0. The number of H-pyrrole nitrogens is 2. The van der Waals surface area contributed by atoms with E-state index in [4.69, 9.17) is 0 Å². The zero-order valence-electron chi connectivity index (χ0n) is 21.2. The third-order valence-electron chi connectivity index (χ3n) is 7.73. The van der Waals surface area contributed by atoms with Gasteiger partial charge in [-0.15, -0.1) is 0 Å². The Morgan fingerprint density at radius 2 is 1.58 bits per heavy atom. The molecule has 1 aliphatic carbocycles. The molecule has 5 rings (SSSR count). The van der Waals surface area contributed by atoms with Crippen molar-refractivity contribution in [2.75, 3.05) is 13.1 Å². The Morgan fingerprint density at radius 1 is 0.889 bits per heavy atom. The van der Waals surface area contributed by atoms with Crippen molar-refractivity contribution in [3.8, 4) is 0 Å². The normalized spacial score (nSPS) is 21.2. The molecular weight excluding hydrogens is 450 g/mol. The van der Waals surface area contributed by atoms with Crippen LogP contribution in [0.2, 0.25) is 0 Å². The minimum absolute atomic E-state index is 0.141. The van der Waals surface area contributed by atoms with Crippen LogP contribution in [0.15, 0.2) is 49.1 Å². The van der Waals surface area contributed by atoms with E-state index in [1.165, 1.54) is 70.0 Å². The summed E-state index contributed by atoms with van der Waals surface area (Å²) in [5, 5.41) is 3.79. The van der Waals surface area contributed by atoms with Crippen molar-refractivity contribution in [1.82, 2.24) is 35.1 Å². The molecule has 8 heteroatoms. The lowest BCUT2D eigenvalue weighted by molar-refractivity contribution is 0.0714. The Bertz CT molecular complexity index is 1030. The highest BCUT2D eigenvalue weighted by molar-refractivity contribution is 5.90. The number of aromatic nitrogens is 4. The monoisotopic (exact) mass is 489 g/mol. The summed E-state index contributed by atoms with van der Waals surface area (Å²) in [4.78, 5) is 32.0. The minimum atomic E-state index is -0.141. The standard InChI is InChI=1S/C28H39N7O/c36-28(27-31-15-16-32-27)35(21-26-29-13-14-30-26)20-23-7-5-22(6-8-23)19-33-24-9-11-25(12-10-24)34-17-3-1-2-4-18-34/h5-8,13-16,24-25,33H,1-4,9-12,17-21H2,(H,29,30)(H,31,32)/t24-,25-. The number of aromatic amines is 2. The number of rotatable bonds is 9. The van der Waals surface area contributed by atoms with Gasteiger partial charge in [0, 0.05) is 50.0 Å². The van der Waals surface area contributed by atoms with Gasteiger partial charge in [-0.1, -0.05) is 37.1 Å². The lowest BCUT2D eigenvalue weighted by Crippen LogP contribution is -2.42. The molecule has 192 valence electrons. The van der Waals surface area contributed by atoms with Gasteiger partial charge >= 0.3 is 0 Å². The second kappa shape index (κ2) is 12.3. The van der Waals surface area contributed by atoms with E-state index in [0.717, 1.165) is 24.0 Å². The largest absolute Gasteiger partial charge is 0.347 e. The second-order valence-electron chi connectivity index (χ2n) is 10.3. The van der Waals surface area contributed by atoms with Crippen LogP contribution in [-0.2, 0) is 19.6 Å². The zero-order chi connectivity index (χ0) is 24.6. The molecule has 0 unspecified atom stereocenters. The first-order valence-corrected chi connectivity index (χ1v) is 13.6. The van der Waals surface area contributed by atoms with E-state index in [1.54, 1.807) is 29.7 Å². The van der Waals surface area contributed by atoms with Crippen LogP contribution >= 0.6 is 0 Å². The fraction of sp³-hybridized carbons (Fsp3) is 0.536. The Balaban J connectivity index is 1.11. The summed E-state index contributed by atoms with van der Waals surface area (Å²) in [5.41, 5.74) is 2.37. The van der Waals surface area contributed by atoms with E-state index in [9.17, 15) is 4.79 Å². The predicted molar refractivity (Wildman–Crippen MR) is 140 cm³/mol. The zero-order valence-corrected chi connectivity index (χ0v) is 21.2. The molecule has 1 aliphatic heterocycles. The minimum Gasteiger partial charge on any atom is -0.347 e. The molecule has 3 aromatic rings. The Morgan fingerprint density at radius 3 is 2.25 bits per heavy atom. The van der Waals surface area contributed by atoms with Gasteiger partial charge in [-0.3, -0.25) is 4.79 Å². The lowest BCUT2D eigenvalue weighted by Gasteiger charge is -2.36. The molecule has 8 nitrogen and oxygen atoms in total. The molecule has 0 radical (unpaired) electrons. The van der Waals surface area contributed by atoms with Crippen LogP contribution in [0.25, 0.3) is 0 Å². The number of likely N-dealkylation sites (tertiary alicyclic amines) is 1. The lowest BCUT2D eigenvalue weighted by atomic mass is 9.90. The van der Waals surface area contributed by atoms with E-state index in [0.29, 0.717) is 25.0 Å². The van der Waals surface area contributed by atoms with Gasteiger partial charge in [0.25, 0.3) is 5.91 Å². The third kappa shape index (κ3) is 6.62. The van der Waals surface area contributed by atoms with Gasteiger partial charge in [0.15, 0.2) is 5.82 Å². The number of carbonyl (C=O) groups is 1. The van der Waals surface area contributed by atoms with E-state index < -0.39 is 0 Å². The van der Waals surface area contributed by atoms with E-state index in [2.05, 4.69) is 54.4 Å². The Hall–Kier alpha value is -2.97. The molecule has 3 heterocycles. The van der Waals surface area contributed by atoms with Gasteiger partial charge in [0.1, 0.15) is 5.82 Å². The summed E-state index contributed by atoms with van der Waals surface area (Å²) in [5.74, 6) is 0.951. The molecule has 1 saturated heterocycles. The van der Waals surface area contributed by atoms with Crippen LogP contribution in [0.1, 0.15) is 78.9 Å². The van der Waals surface area contributed by atoms with Crippen LogP contribution in [0.4, 0.5) is 0 Å². The van der Waals surface area contributed by atoms with Gasteiger partial charge in [0.2, 0.25) is 0 Å². The summed E-state index contributed by atoms with van der Waals surface area (Å²) in [6.07, 6.45) is 17.5. The fourth-order valence-corrected chi connectivity index (χ4v) is 5.65. The average Bonchev–Trinajstić information content (AvgIpc) is 3.58. The van der Waals surface area contributed by atoms with Crippen LogP contribution in [0, 0.1) is 0 Å². The molecule has 2 fully saturated rings. The van der Waals surface area contributed by atoms with Crippen molar-refractivity contribution in [3.05, 3.63) is 71.8 Å². The summed E-state index contributed by atoms with van der Waals surface area (Å²) in [6, 6.07) is 10.0. The molecule has 2 aliphatic rings. The topological polar surface area (TPSA) is 92.9 Å². The van der Waals surface area contributed by atoms with Crippen molar-refractivity contribution in [2.45, 2.75) is 83.1 Å². The SMILES string of the molecule is O=C(c1ncc[nH]1)N(Cc1ccc(CN[C@H]2CC[C@H](N3CCCCCC3)CC2)cc1)Cc1ncc[nH]1. The first-order chi connectivity index (χ1) is 17.7. The van der Waals surface area contributed by atoms with Gasteiger partial charge in [-0.05, 0) is 62.7 Å². The van der Waals surface area contributed by atoms with Gasteiger partial charge in [0.05, 0.1) is 6.54 Å². The van der Waals surface area contributed by atoms with Crippen molar-refractivity contribution in [3.63, 3.8) is 0 Å². The van der Waals surface area contributed by atoms with Crippen molar-refractivity contribution in [2.24, 2.45) is 0 Å². The maximum Gasteiger partial charge on any atom is 0.290 e. The fourth-order valence-electron chi connectivity index (χ4n) is 5.65. The summed E-state index contributed by atoms with van der Waals surface area (Å²) < 4.78 is 0. The van der Waals surface area contributed by atoms with E-state index in [1.807, 2.05) is 0 Å². The van der Waals surface area contributed by atoms with Crippen LogP contribution in [0.5, 0.6) is 0 Å². The maximum atomic E-state index is 13.0. The maximum absolute atomic E-state index is 13.0. The number of benzene rings is 1. The number of hydrogen-bond acceptors (Lipinski definition) is 5. The smallest absolute Gasteiger partial charge is 0.290 e. The third-order valence-corrected chi connectivity index (χ3v) is 7.73. The molecule has 1 amide bonds. The number of hydrogen-bond donors (Lipinski definition) is 3. The van der Waals surface area contributed by atoms with Gasteiger partial charge in [-0.25, -0.2) is 9.97 Å². The van der Waals surface area contributed by atoms with Crippen LogP contribution in [-0.4, -0.2) is 60.8 Å². The Kier molecular flexibility index (Phi) is 8.46.